The molecule has 90 valence electrons. The summed E-state index contributed by atoms with van der Waals surface area (Å²) in [5.41, 5.74) is 7.36. The summed E-state index contributed by atoms with van der Waals surface area (Å²) < 4.78 is 2.22. The van der Waals surface area contributed by atoms with E-state index in [0.29, 0.717) is 0 Å². The maximum Gasteiger partial charge on any atom is 0.0409 e. The Morgan fingerprint density at radius 2 is 1.88 bits per heavy atom. The molecule has 1 atom stereocenters. The number of rotatable bonds is 4. The van der Waals surface area contributed by atoms with E-state index in [1.807, 2.05) is 12.1 Å². The second-order valence-corrected chi connectivity index (χ2v) is 7.15. The van der Waals surface area contributed by atoms with Gasteiger partial charge in [0.05, 0.1) is 0 Å². The Kier molecular flexibility index (Phi) is 5.11. The molecule has 1 aromatic heterocycles. The van der Waals surface area contributed by atoms with Crippen molar-refractivity contribution < 1.29 is 0 Å². The molecule has 2 N–H and O–H groups in total. The Balaban J connectivity index is 1.94. The number of hydrogen-bond donors (Lipinski definition) is 1. The van der Waals surface area contributed by atoms with E-state index in [-0.39, 0.29) is 6.04 Å². The van der Waals surface area contributed by atoms with Gasteiger partial charge in [-0.2, -0.15) is 11.3 Å². The summed E-state index contributed by atoms with van der Waals surface area (Å²) >= 11 is 10.4. The summed E-state index contributed by atoms with van der Waals surface area (Å²) in [6.07, 6.45) is 0. The number of hydrogen-bond acceptors (Lipinski definition) is 3. The summed E-state index contributed by atoms with van der Waals surface area (Å²) in [6, 6.07) is 8.38. The van der Waals surface area contributed by atoms with Gasteiger partial charge >= 0.3 is 0 Å². The minimum Gasteiger partial charge on any atom is -0.323 e. The topological polar surface area (TPSA) is 26.0 Å². The van der Waals surface area contributed by atoms with E-state index in [1.54, 1.807) is 23.1 Å². The molecule has 0 amide bonds. The Hall–Kier alpha value is 0.190. The Bertz CT molecular complexity index is 482. The third kappa shape index (κ3) is 3.83. The fraction of sp³-hybridized carbons (Fsp3) is 0.167. The summed E-state index contributed by atoms with van der Waals surface area (Å²) in [7, 11) is 0. The normalized spacial score (nSPS) is 12.6. The lowest BCUT2D eigenvalue weighted by Crippen LogP contribution is -2.12. The molecule has 0 saturated heterocycles. The molecule has 0 aliphatic heterocycles. The average molecular weight is 393 g/mol. The molecule has 1 nitrogen and oxygen atoms in total. The first kappa shape index (κ1) is 13.6. The highest BCUT2D eigenvalue weighted by Gasteiger charge is 2.11. The van der Waals surface area contributed by atoms with E-state index in [0.717, 1.165) is 14.7 Å². The SMILES string of the molecule is NC(CSc1ccc(Br)cc1)c1cscc1Br. The van der Waals surface area contributed by atoms with E-state index in [2.05, 4.69) is 54.8 Å². The zero-order chi connectivity index (χ0) is 12.3. The van der Waals surface area contributed by atoms with Gasteiger partial charge in [-0.1, -0.05) is 15.9 Å². The van der Waals surface area contributed by atoms with Gasteiger partial charge < -0.3 is 5.73 Å². The van der Waals surface area contributed by atoms with Gasteiger partial charge in [0.2, 0.25) is 0 Å². The number of nitrogens with two attached hydrogens (primary N) is 1. The van der Waals surface area contributed by atoms with Crippen LogP contribution >= 0.6 is 55.0 Å². The van der Waals surface area contributed by atoms with Gasteiger partial charge in [0.1, 0.15) is 0 Å². The van der Waals surface area contributed by atoms with Crippen molar-refractivity contribution >= 4 is 55.0 Å². The van der Waals surface area contributed by atoms with Crippen LogP contribution in [-0.4, -0.2) is 5.75 Å². The van der Waals surface area contributed by atoms with Crippen molar-refractivity contribution in [3.63, 3.8) is 0 Å². The van der Waals surface area contributed by atoms with Crippen LogP contribution in [0.4, 0.5) is 0 Å². The predicted octanol–water partition coefficient (Wildman–Crippen LogP) is 5.07. The van der Waals surface area contributed by atoms with Crippen molar-refractivity contribution in [3.8, 4) is 0 Å². The van der Waals surface area contributed by atoms with Gasteiger partial charge in [0.15, 0.2) is 0 Å². The molecule has 17 heavy (non-hydrogen) atoms. The van der Waals surface area contributed by atoms with Gasteiger partial charge in [-0.3, -0.25) is 0 Å². The fourth-order valence-corrected chi connectivity index (χ4v) is 4.16. The third-order valence-electron chi connectivity index (χ3n) is 2.28. The van der Waals surface area contributed by atoms with Crippen LogP contribution in [-0.2, 0) is 0 Å². The number of thiophene rings is 1. The molecule has 1 aromatic carbocycles. The van der Waals surface area contributed by atoms with Gasteiger partial charge in [-0.15, -0.1) is 11.8 Å². The highest BCUT2D eigenvalue weighted by molar-refractivity contribution is 9.10. The van der Waals surface area contributed by atoms with E-state index < -0.39 is 0 Å². The zero-order valence-electron chi connectivity index (χ0n) is 8.90. The molecule has 0 radical (unpaired) electrons. The van der Waals surface area contributed by atoms with Gasteiger partial charge in [0, 0.05) is 31.0 Å². The van der Waals surface area contributed by atoms with Gasteiger partial charge in [-0.25, -0.2) is 0 Å². The first-order chi connectivity index (χ1) is 8.16. The quantitative estimate of drug-likeness (QED) is 0.735. The van der Waals surface area contributed by atoms with Crippen molar-refractivity contribution in [1.82, 2.24) is 0 Å². The molecular formula is C12H11Br2NS2. The molecule has 1 heterocycles. The van der Waals surface area contributed by atoms with Crippen LogP contribution in [0, 0.1) is 0 Å². The Morgan fingerprint density at radius 1 is 1.18 bits per heavy atom. The molecule has 0 spiro atoms. The maximum atomic E-state index is 6.16. The van der Waals surface area contributed by atoms with E-state index >= 15 is 0 Å². The van der Waals surface area contributed by atoms with Gasteiger partial charge in [-0.05, 0) is 51.1 Å². The second-order valence-electron chi connectivity index (χ2n) is 3.55. The first-order valence-electron chi connectivity index (χ1n) is 5.02. The van der Waals surface area contributed by atoms with E-state index in [9.17, 15) is 0 Å². The van der Waals surface area contributed by atoms with Crippen molar-refractivity contribution in [2.24, 2.45) is 5.73 Å². The molecule has 2 aromatic rings. The largest absolute Gasteiger partial charge is 0.323 e. The zero-order valence-corrected chi connectivity index (χ0v) is 13.7. The van der Waals surface area contributed by atoms with Crippen molar-refractivity contribution in [2.75, 3.05) is 5.75 Å². The predicted molar refractivity (Wildman–Crippen MR) is 83.8 cm³/mol. The van der Waals surface area contributed by atoms with Crippen LogP contribution in [0.1, 0.15) is 11.6 Å². The molecule has 5 heteroatoms. The monoisotopic (exact) mass is 391 g/mol. The summed E-state index contributed by atoms with van der Waals surface area (Å²) in [6.45, 7) is 0. The molecule has 1 unspecified atom stereocenters. The second kappa shape index (κ2) is 6.38. The summed E-state index contributed by atoms with van der Waals surface area (Å²) in [4.78, 5) is 1.25. The molecule has 0 aliphatic carbocycles. The van der Waals surface area contributed by atoms with Crippen LogP contribution < -0.4 is 5.73 Å². The first-order valence-corrected chi connectivity index (χ1v) is 8.54. The minimum absolute atomic E-state index is 0.0734. The minimum atomic E-state index is 0.0734. The molecule has 0 bridgehead atoms. The van der Waals surface area contributed by atoms with Crippen molar-refractivity contribution in [1.29, 1.82) is 0 Å². The highest BCUT2D eigenvalue weighted by atomic mass is 79.9. The highest BCUT2D eigenvalue weighted by Crippen LogP contribution is 2.30. The maximum absolute atomic E-state index is 6.16. The van der Waals surface area contributed by atoms with E-state index in [1.165, 1.54) is 10.5 Å². The van der Waals surface area contributed by atoms with Crippen LogP contribution in [0.25, 0.3) is 0 Å². The lowest BCUT2D eigenvalue weighted by atomic mass is 10.2. The van der Waals surface area contributed by atoms with Crippen molar-refractivity contribution in [3.05, 3.63) is 49.5 Å². The van der Waals surface area contributed by atoms with Crippen LogP contribution in [0.15, 0.2) is 48.9 Å². The molecule has 2 rings (SSSR count). The Morgan fingerprint density at radius 3 is 2.47 bits per heavy atom. The smallest absolute Gasteiger partial charge is 0.0409 e. The van der Waals surface area contributed by atoms with Crippen LogP contribution in [0.3, 0.4) is 0 Å². The van der Waals surface area contributed by atoms with Crippen LogP contribution in [0.5, 0.6) is 0 Å². The lowest BCUT2D eigenvalue weighted by molar-refractivity contribution is 0.831. The molecular weight excluding hydrogens is 382 g/mol. The lowest BCUT2D eigenvalue weighted by Gasteiger charge is -2.10. The van der Waals surface area contributed by atoms with Gasteiger partial charge in [0.25, 0.3) is 0 Å². The fourth-order valence-electron chi connectivity index (χ4n) is 1.36. The Labute approximate surface area is 126 Å². The molecule has 0 saturated carbocycles. The number of thioether (sulfide) groups is 1. The average Bonchev–Trinajstić information content (AvgIpc) is 2.74. The van der Waals surface area contributed by atoms with Crippen LogP contribution in [0.2, 0.25) is 0 Å². The van der Waals surface area contributed by atoms with Crippen molar-refractivity contribution in [2.45, 2.75) is 10.9 Å². The number of benzene rings is 1. The van der Waals surface area contributed by atoms with E-state index in [4.69, 9.17) is 5.73 Å². The summed E-state index contributed by atoms with van der Waals surface area (Å²) in [5, 5.41) is 4.18. The third-order valence-corrected chi connectivity index (χ3v) is 5.70. The standard InChI is InChI=1S/C12H11Br2NS2/c13-8-1-3-9(4-2-8)17-7-12(15)10-5-16-6-11(10)14/h1-6,12H,7,15H2. The summed E-state index contributed by atoms with van der Waals surface area (Å²) in [5.74, 6) is 0.886. The number of halogens is 2. The molecule has 0 fully saturated rings. The molecule has 0 aliphatic rings.